The number of fused-ring (bicyclic) bond motifs is 1. The molecule has 92 valence electrons. The molecule has 0 aliphatic carbocycles. The summed E-state index contributed by atoms with van der Waals surface area (Å²) in [4.78, 5) is 13.1. The van der Waals surface area contributed by atoms with Gasteiger partial charge >= 0.3 is 0 Å². The van der Waals surface area contributed by atoms with Crippen molar-refractivity contribution in [2.75, 3.05) is 20.2 Å². The number of nitrogens with zero attached hydrogens (tertiary/aromatic N) is 1. The van der Waals surface area contributed by atoms with Crippen LogP contribution in [0.1, 0.15) is 24.5 Å². The molecule has 0 saturated carbocycles. The molecule has 1 aliphatic rings. The fourth-order valence-electron chi connectivity index (χ4n) is 2.26. The Balaban J connectivity index is 2.04. The van der Waals surface area contributed by atoms with Crippen molar-refractivity contribution in [2.45, 2.75) is 26.3 Å². The van der Waals surface area contributed by atoms with Crippen LogP contribution in [0.4, 0.5) is 0 Å². The van der Waals surface area contributed by atoms with Crippen LogP contribution in [0.25, 0.3) is 0 Å². The van der Waals surface area contributed by atoms with E-state index in [4.69, 9.17) is 4.74 Å². The molecule has 1 aromatic rings. The van der Waals surface area contributed by atoms with E-state index in [-0.39, 0.29) is 5.78 Å². The Morgan fingerprint density at radius 3 is 3.06 bits per heavy atom. The van der Waals surface area contributed by atoms with Gasteiger partial charge in [0.05, 0.1) is 13.2 Å². The monoisotopic (exact) mass is 233 g/mol. The summed E-state index contributed by atoms with van der Waals surface area (Å²) in [6.45, 7) is 3.77. The van der Waals surface area contributed by atoms with E-state index < -0.39 is 0 Å². The minimum absolute atomic E-state index is 0.203. The zero-order valence-electron chi connectivity index (χ0n) is 10.5. The fraction of sp³-hybridized carbons (Fsp3) is 0.500. The van der Waals surface area contributed by atoms with Gasteiger partial charge in [0.15, 0.2) is 0 Å². The lowest BCUT2D eigenvalue weighted by molar-refractivity contribution is -0.117. The Kier molecular flexibility index (Phi) is 3.79. The zero-order valence-corrected chi connectivity index (χ0v) is 10.5. The van der Waals surface area contributed by atoms with Crippen LogP contribution in [0.2, 0.25) is 0 Å². The lowest BCUT2D eigenvalue weighted by atomic mass is 10.0. The number of hydrogen-bond donors (Lipinski definition) is 0. The van der Waals surface area contributed by atoms with E-state index in [9.17, 15) is 4.79 Å². The molecular weight excluding hydrogens is 214 g/mol. The van der Waals surface area contributed by atoms with Crippen molar-refractivity contribution >= 4 is 5.78 Å². The van der Waals surface area contributed by atoms with Crippen LogP contribution in [-0.4, -0.2) is 30.9 Å². The quantitative estimate of drug-likeness (QED) is 0.797. The van der Waals surface area contributed by atoms with Gasteiger partial charge in [0.1, 0.15) is 11.5 Å². The lowest BCUT2D eigenvalue weighted by Crippen LogP contribution is -2.24. The number of benzene rings is 1. The van der Waals surface area contributed by atoms with Crippen molar-refractivity contribution in [1.29, 1.82) is 0 Å². The minimum atomic E-state index is 0.203. The van der Waals surface area contributed by atoms with Gasteiger partial charge in [-0.2, -0.15) is 0 Å². The molecule has 1 aliphatic heterocycles. The first-order valence-electron chi connectivity index (χ1n) is 6.08. The molecule has 3 nitrogen and oxygen atoms in total. The maximum Gasteiger partial charge on any atom is 0.143 e. The molecule has 0 unspecified atom stereocenters. The number of likely N-dealkylation sites (N-methyl/N-ethyl adjacent to an activating group) is 1. The molecule has 2 rings (SSSR count). The molecule has 0 aromatic heterocycles. The van der Waals surface area contributed by atoms with E-state index in [2.05, 4.69) is 12.1 Å². The van der Waals surface area contributed by atoms with Crippen molar-refractivity contribution in [3.05, 3.63) is 29.3 Å². The maximum atomic E-state index is 11.0. The van der Waals surface area contributed by atoms with E-state index in [0.717, 1.165) is 31.7 Å². The number of rotatable bonds is 4. The van der Waals surface area contributed by atoms with Crippen molar-refractivity contribution in [3.8, 4) is 5.75 Å². The number of carbonyl (C=O) groups excluding carboxylic acids is 1. The second-order valence-corrected chi connectivity index (χ2v) is 4.77. The zero-order chi connectivity index (χ0) is 12.3. The Bertz CT molecular complexity index is 415. The van der Waals surface area contributed by atoms with Gasteiger partial charge in [-0.25, -0.2) is 0 Å². The van der Waals surface area contributed by atoms with Crippen LogP contribution >= 0.6 is 0 Å². The van der Waals surface area contributed by atoms with Crippen LogP contribution < -0.4 is 4.74 Å². The molecular formula is C14H19NO2. The average molecular weight is 233 g/mol. The molecule has 0 N–H and O–H groups in total. The summed E-state index contributed by atoms with van der Waals surface area (Å²) in [5.74, 6) is 1.23. The van der Waals surface area contributed by atoms with Crippen LogP contribution in [0, 0.1) is 0 Å². The van der Waals surface area contributed by atoms with E-state index in [1.807, 2.05) is 18.0 Å². The lowest BCUT2D eigenvalue weighted by Gasteiger charge is -2.20. The average Bonchev–Trinajstić information content (AvgIpc) is 2.27. The molecule has 1 aromatic carbocycles. The molecule has 0 spiro atoms. The fourth-order valence-corrected chi connectivity index (χ4v) is 2.26. The Morgan fingerprint density at radius 2 is 2.29 bits per heavy atom. The maximum absolute atomic E-state index is 11.0. The second-order valence-electron chi connectivity index (χ2n) is 4.77. The number of ketones is 1. The standard InChI is InChI=1S/C14H19NO2/c1-11(16)9-15(2)10-12-5-6-14-13(8-12)4-3-7-17-14/h5-6,8H,3-4,7,9-10H2,1-2H3. The Morgan fingerprint density at radius 1 is 1.47 bits per heavy atom. The molecule has 3 heteroatoms. The van der Waals surface area contributed by atoms with Gasteiger partial charge in [0, 0.05) is 6.54 Å². The second kappa shape index (κ2) is 5.32. The molecule has 0 saturated heterocycles. The summed E-state index contributed by atoms with van der Waals surface area (Å²) in [5.41, 5.74) is 2.54. The number of hydrogen-bond acceptors (Lipinski definition) is 3. The van der Waals surface area contributed by atoms with Gasteiger partial charge in [0.25, 0.3) is 0 Å². The van der Waals surface area contributed by atoms with Gasteiger partial charge in [0.2, 0.25) is 0 Å². The van der Waals surface area contributed by atoms with Crippen molar-refractivity contribution in [3.63, 3.8) is 0 Å². The minimum Gasteiger partial charge on any atom is -0.493 e. The van der Waals surface area contributed by atoms with Crippen LogP contribution in [-0.2, 0) is 17.8 Å². The summed E-state index contributed by atoms with van der Waals surface area (Å²) < 4.78 is 5.58. The third kappa shape index (κ3) is 3.30. The predicted octanol–water partition coefficient (Wildman–Crippen LogP) is 2.03. The summed E-state index contributed by atoms with van der Waals surface area (Å²) >= 11 is 0. The first-order valence-corrected chi connectivity index (χ1v) is 6.08. The number of ether oxygens (including phenoxy) is 1. The summed E-state index contributed by atoms with van der Waals surface area (Å²) in [6.07, 6.45) is 2.19. The molecule has 17 heavy (non-hydrogen) atoms. The van der Waals surface area contributed by atoms with Crippen molar-refractivity contribution in [2.24, 2.45) is 0 Å². The first kappa shape index (κ1) is 12.1. The van der Waals surface area contributed by atoms with Crippen LogP contribution in [0.3, 0.4) is 0 Å². The predicted molar refractivity (Wildman–Crippen MR) is 67.3 cm³/mol. The number of aryl methyl sites for hydroxylation is 1. The van der Waals surface area contributed by atoms with Gasteiger partial charge in [-0.3, -0.25) is 9.69 Å². The highest BCUT2D eigenvalue weighted by molar-refractivity contribution is 5.77. The Labute approximate surface area is 102 Å². The Hall–Kier alpha value is -1.35. The molecule has 0 fully saturated rings. The SMILES string of the molecule is CC(=O)CN(C)Cc1ccc2c(c1)CCCO2. The molecule has 0 bridgehead atoms. The smallest absolute Gasteiger partial charge is 0.143 e. The summed E-state index contributed by atoms with van der Waals surface area (Å²) in [5, 5.41) is 0. The van der Waals surface area contributed by atoms with Gasteiger partial charge in [-0.05, 0) is 44.0 Å². The van der Waals surface area contributed by atoms with Crippen molar-refractivity contribution in [1.82, 2.24) is 4.90 Å². The third-order valence-electron chi connectivity index (χ3n) is 2.92. The molecule has 0 radical (unpaired) electrons. The van der Waals surface area contributed by atoms with E-state index in [1.54, 1.807) is 6.92 Å². The molecule has 0 amide bonds. The summed E-state index contributed by atoms with van der Waals surface area (Å²) in [7, 11) is 1.97. The topological polar surface area (TPSA) is 29.5 Å². The molecule has 1 heterocycles. The van der Waals surface area contributed by atoms with E-state index >= 15 is 0 Å². The molecule has 0 atom stereocenters. The highest BCUT2D eigenvalue weighted by atomic mass is 16.5. The van der Waals surface area contributed by atoms with Gasteiger partial charge < -0.3 is 4.74 Å². The van der Waals surface area contributed by atoms with Crippen LogP contribution in [0.5, 0.6) is 5.75 Å². The van der Waals surface area contributed by atoms with Crippen LogP contribution in [0.15, 0.2) is 18.2 Å². The summed E-state index contributed by atoms with van der Waals surface area (Å²) in [6, 6.07) is 6.33. The van der Waals surface area contributed by atoms with E-state index in [1.165, 1.54) is 11.1 Å². The van der Waals surface area contributed by atoms with Gasteiger partial charge in [-0.15, -0.1) is 0 Å². The number of carbonyl (C=O) groups is 1. The normalized spacial score (nSPS) is 14.3. The first-order chi connectivity index (χ1) is 8.15. The third-order valence-corrected chi connectivity index (χ3v) is 2.92. The largest absolute Gasteiger partial charge is 0.493 e. The highest BCUT2D eigenvalue weighted by Crippen LogP contribution is 2.25. The van der Waals surface area contributed by atoms with Crippen molar-refractivity contribution < 1.29 is 9.53 Å². The van der Waals surface area contributed by atoms with E-state index in [0.29, 0.717) is 6.54 Å². The highest BCUT2D eigenvalue weighted by Gasteiger charge is 2.11. The van der Waals surface area contributed by atoms with Gasteiger partial charge in [-0.1, -0.05) is 12.1 Å². The number of Topliss-reactive ketones (excluding diaryl/α,β-unsaturated/α-hetero) is 1.